The summed E-state index contributed by atoms with van der Waals surface area (Å²) in [6.45, 7) is 2.04. The van der Waals surface area contributed by atoms with E-state index in [1.165, 1.54) is 6.07 Å². The second kappa shape index (κ2) is 4.85. The van der Waals surface area contributed by atoms with E-state index in [1.807, 2.05) is 0 Å². The van der Waals surface area contributed by atoms with Gasteiger partial charge in [-0.1, -0.05) is 23.7 Å². The van der Waals surface area contributed by atoms with E-state index < -0.39 is 11.9 Å². The maximum atomic E-state index is 13.2. The molecule has 2 aromatic rings. The summed E-state index contributed by atoms with van der Waals surface area (Å²) in [5.74, 6) is -0.438. The lowest BCUT2D eigenvalue weighted by Gasteiger charge is -2.05. The van der Waals surface area contributed by atoms with Gasteiger partial charge in [-0.3, -0.25) is 4.68 Å². The molecule has 0 saturated carbocycles. The van der Waals surface area contributed by atoms with Gasteiger partial charge in [0.1, 0.15) is 5.82 Å². The first kappa shape index (κ1) is 12.1. The second-order valence-corrected chi connectivity index (χ2v) is 4.24. The second-order valence-electron chi connectivity index (χ2n) is 3.86. The Morgan fingerprint density at radius 1 is 1.53 bits per heavy atom. The molecule has 1 unspecified atom stereocenters. The van der Waals surface area contributed by atoms with E-state index >= 15 is 0 Å². The maximum absolute atomic E-state index is 13.2. The summed E-state index contributed by atoms with van der Waals surface area (Å²) < 4.78 is 14.8. The van der Waals surface area contributed by atoms with E-state index in [9.17, 15) is 9.50 Å². The van der Waals surface area contributed by atoms with Crippen molar-refractivity contribution in [3.8, 4) is 0 Å². The zero-order chi connectivity index (χ0) is 12.4. The molecule has 1 atom stereocenters. The van der Waals surface area contributed by atoms with Crippen LogP contribution in [0.2, 0.25) is 5.02 Å². The summed E-state index contributed by atoms with van der Waals surface area (Å²) in [6.07, 6.45) is 2.73. The molecule has 0 amide bonds. The van der Waals surface area contributed by atoms with Gasteiger partial charge in [0, 0.05) is 11.8 Å². The lowest BCUT2D eigenvalue weighted by Crippen LogP contribution is -2.01. The molecule has 5 heteroatoms. The molecule has 17 heavy (non-hydrogen) atoms. The van der Waals surface area contributed by atoms with Gasteiger partial charge in [0.15, 0.2) is 0 Å². The quantitative estimate of drug-likeness (QED) is 0.915. The monoisotopic (exact) mass is 254 g/mol. The number of halogens is 2. The van der Waals surface area contributed by atoms with Crippen molar-refractivity contribution in [2.24, 2.45) is 0 Å². The fraction of sp³-hybridized carbons (Fsp3) is 0.250. The Hall–Kier alpha value is -1.39. The Bertz CT molecular complexity index is 525. The van der Waals surface area contributed by atoms with Crippen molar-refractivity contribution in [1.82, 2.24) is 9.78 Å². The van der Waals surface area contributed by atoms with Crippen LogP contribution in [0.25, 0.3) is 0 Å². The molecule has 0 spiro atoms. The standard InChI is InChI=1S/C12H12ClFN2O/c1-8(17)10-5-15-16(7-10)6-9-3-2-4-11(14)12(9)13/h2-5,7-8,17H,6H2,1H3. The highest BCUT2D eigenvalue weighted by molar-refractivity contribution is 6.31. The molecule has 1 heterocycles. The van der Waals surface area contributed by atoms with Gasteiger partial charge in [0.2, 0.25) is 0 Å². The molecular formula is C12H12ClFN2O. The number of nitrogens with zero attached hydrogens (tertiary/aromatic N) is 2. The van der Waals surface area contributed by atoms with Crippen molar-refractivity contribution in [3.05, 3.63) is 52.6 Å². The normalized spacial score (nSPS) is 12.7. The highest BCUT2D eigenvalue weighted by Crippen LogP contribution is 2.20. The van der Waals surface area contributed by atoms with Crippen LogP contribution in [0.4, 0.5) is 4.39 Å². The first-order valence-corrected chi connectivity index (χ1v) is 5.59. The van der Waals surface area contributed by atoms with Gasteiger partial charge < -0.3 is 5.11 Å². The average molecular weight is 255 g/mol. The first-order valence-electron chi connectivity index (χ1n) is 5.21. The van der Waals surface area contributed by atoms with E-state index in [0.29, 0.717) is 12.1 Å². The highest BCUT2D eigenvalue weighted by atomic mass is 35.5. The molecule has 0 saturated heterocycles. The average Bonchev–Trinajstić information content (AvgIpc) is 2.73. The minimum absolute atomic E-state index is 0.113. The summed E-state index contributed by atoms with van der Waals surface area (Å²) >= 11 is 5.85. The SMILES string of the molecule is CC(O)c1cnn(Cc2cccc(F)c2Cl)c1. The summed E-state index contributed by atoms with van der Waals surface area (Å²) in [7, 11) is 0. The number of hydrogen-bond acceptors (Lipinski definition) is 2. The first-order chi connectivity index (χ1) is 8.08. The van der Waals surface area contributed by atoms with Crippen molar-refractivity contribution in [1.29, 1.82) is 0 Å². The van der Waals surface area contributed by atoms with Gasteiger partial charge in [0.25, 0.3) is 0 Å². The number of rotatable bonds is 3. The summed E-state index contributed by atoms with van der Waals surface area (Å²) in [5.41, 5.74) is 1.38. The molecule has 3 nitrogen and oxygen atoms in total. The molecule has 1 aromatic heterocycles. The van der Waals surface area contributed by atoms with Crippen molar-refractivity contribution < 1.29 is 9.50 Å². The van der Waals surface area contributed by atoms with Crippen LogP contribution >= 0.6 is 11.6 Å². The highest BCUT2D eigenvalue weighted by Gasteiger charge is 2.08. The largest absolute Gasteiger partial charge is 0.389 e. The minimum atomic E-state index is -0.563. The summed E-state index contributed by atoms with van der Waals surface area (Å²) in [6, 6.07) is 4.67. The lowest BCUT2D eigenvalue weighted by atomic mass is 10.2. The molecule has 90 valence electrons. The number of benzene rings is 1. The fourth-order valence-electron chi connectivity index (χ4n) is 1.53. The molecule has 0 bridgehead atoms. The molecule has 2 rings (SSSR count). The van der Waals surface area contributed by atoms with Crippen LogP contribution in [-0.2, 0) is 6.54 Å². The van der Waals surface area contributed by atoms with Crippen molar-refractivity contribution >= 4 is 11.6 Å². The molecule has 0 aliphatic carbocycles. The van der Waals surface area contributed by atoms with E-state index in [2.05, 4.69) is 5.10 Å². The van der Waals surface area contributed by atoms with Gasteiger partial charge in [-0.25, -0.2) is 4.39 Å². The third-order valence-electron chi connectivity index (χ3n) is 2.50. The van der Waals surface area contributed by atoms with Gasteiger partial charge in [-0.05, 0) is 18.6 Å². The molecule has 0 aliphatic heterocycles. The van der Waals surface area contributed by atoms with Crippen LogP contribution < -0.4 is 0 Å². The van der Waals surface area contributed by atoms with Crippen molar-refractivity contribution in [2.45, 2.75) is 19.6 Å². The van der Waals surface area contributed by atoms with Gasteiger partial charge in [-0.2, -0.15) is 5.10 Å². The third kappa shape index (κ3) is 2.65. The van der Waals surface area contributed by atoms with E-state index in [-0.39, 0.29) is 5.02 Å². The number of aliphatic hydroxyl groups is 1. The van der Waals surface area contributed by atoms with Gasteiger partial charge >= 0.3 is 0 Å². The van der Waals surface area contributed by atoms with Crippen molar-refractivity contribution in [2.75, 3.05) is 0 Å². The van der Waals surface area contributed by atoms with Gasteiger partial charge in [0.05, 0.1) is 23.9 Å². The molecule has 0 aliphatic rings. The van der Waals surface area contributed by atoms with Crippen LogP contribution in [0.15, 0.2) is 30.6 Å². The van der Waals surface area contributed by atoms with Gasteiger partial charge in [-0.15, -0.1) is 0 Å². The summed E-state index contributed by atoms with van der Waals surface area (Å²) in [4.78, 5) is 0. The Balaban J connectivity index is 2.22. The van der Waals surface area contributed by atoms with Crippen LogP contribution in [0, 0.1) is 5.82 Å². The minimum Gasteiger partial charge on any atom is -0.389 e. The van der Waals surface area contributed by atoms with E-state index in [1.54, 1.807) is 36.1 Å². The zero-order valence-corrected chi connectivity index (χ0v) is 10.0. The van der Waals surface area contributed by atoms with Crippen LogP contribution in [0.1, 0.15) is 24.2 Å². The Morgan fingerprint density at radius 3 is 2.94 bits per heavy atom. The van der Waals surface area contributed by atoms with Crippen LogP contribution in [0.3, 0.4) is 0 Å². The molecule has 1 N–H and O–H groups in total. The predicted molar refractivity (Wildman–Crippen MR) is 63.4 cm³/mol. The smallest absolute Gasteiger partial charge is 0.142 e. The zero-order valence-electron chi connectivity index (χ0n) is 9.27. The topological polar surface area (TPSA) is 38.1 Å². The molecular weight excluding hydrogens is 243 g/mol. The molecule has 0 radical (unpaired) electrons. The molecule has 1 aromatic carbocycles. The number of aromatic nitrogens is 2. The third-order valence-corrected chi connectivity index (χ3v) is 2.92. The maximum Gasteiger partial charge on any atom is 0.142 e. The summed E-state index contributed by atoms with van der Waals surface area (Å²) in [5, 5.41) is 13.6. The lowest BCUT2D eigenvalue weighted by molar-refractivity contribution is 0.199. The van der Waals surface area contributed by atoms with Crippen molar-refractivity contribution in [3.63, 3.8) is 0 Å². The van der Waals surface area contributed by atoms with E-state index in [4.69, 9.17) is 11.6 Å². The fourth-order valence-corrected chi connectivity index (χ4v) is 1.71. The molecule has 0 fully saturated rings. The van der Waals surface area contributed by atoms with E-state index in [0.717, 1.165) is 5.56 Å². The van der Waals surface area contributed by atoms with Crippen LogP contribution in [0.5, 0.6) is 0 Å². The van der Waals surface area contributed by atoms with Crippen LogP contribution in [-0.4, -0.2) is 14.9 Å². The predicted octanol–water partition coefficient (Wildman–Crippen LogP) is 2.78. The Labute approximate surface area is 103 Å². The number of hydrogen-bond donors (Lipinski definition) is 1. The Morgan fingerprint density at radius 2 is 2.29 bits per heavy atom. The number of aliphatic hydroxyl groups excluding tert-OH is 1. The Kier molecular flexibility index (Phi) is 3.45.